The standard InChI is InChI=1S/C21H17F3N2O2S2/c1-28-16-7-3-6-15(11-16)26-19(27)18-17(8-9-29-18)25-20(26)30-12-13-4-2-5-14(10-13)21(22,23)24/h2-7,10-11H,8-9,12H2,1H3. The summed E-state index contributed by atoms with van der Waals surface area (Å²) in [7, 11) is 1.54. The Kier molecular flexibility index (Phi) is 5.84. The number of aromatic nitrogens is 2. The molecule has 156 valence electrons. The predicted molar refractivity (Wildman–Crippen MR) is 112 cm³/mol. The summed E-state index contributed by atoms with van der Waals surface area (Å²) in [4.78, 5) is 18.5. The van der Waals surface area contributed by atoms with Crippen molar-refractivity contribution in [3.8, 4) is 11.4 Å². The minimum absolute atomic E-state index is 0.165. The average Bonchev–Trinajstić information content (AvgIpc) is 3.21. The number of alkyl halides is 3. The van der Waals surface area contributed by atoms with Crippen LogP contribution in [0.5, 0.6) is 5.75 Å². The lowest BCUT2D eigenvalue weighted by atomic mass is 10.1. The lowest BCUT2D eigenvalue weighted by molar-refractivity contribution is -0.137. The molecule has 0 aliphatic carbocycles. The van der Waals surface area contributed by atoms with Crippen molar-refractivity contribution in [2.45, 2.75) is 28.4 Å². The van der Waals surface area contributed by atoms with Gasteiger partial charge in [-0.1, -0.05) is 36.0 Å². The van der Waals surface area contributed by atoms with Gasteiger partial charge in [-0.3, -0.25) is 9.36 Å². The summed E-state index contributed by atoms with van der Waals surface area (Å²) in [6.07, 6.45) is -3.70. The van der Waals surface area contributed by atoms with Crippen molar-refractivity contribution in [1.29, 1.82) is 0 Å². The highest BCUT2D eigenvalue weighted by Gasteiger charge is 2.30. The Bertz CT molecular complexity index is 1150. The van der Waals surface area contributed by atoms with Crippen LogP contribution in [0.4, 0.5) is 13.2 Å². The van der Waals surface area contributed by atoms with Crippen LogP contribution in [0.25, 0.3) is 5.69 Å². The molecule has 0 unspecified atom stereocenters. The van der Waals surface area contributed by atoms with Crippen LogP contribution in [0, 0.1) is 0 Å². The van der Waals surface area contributed by atoms with Gasteiger partial charge < -0.3 is 4.74 Å². The minimum Gasteiger partial charge on any atom is -0.497 e. The van der Waals surface area contributed by atoms with Crippen LogP contribution in [0.2, 0.25) is 0 Å². The number of nitrogens with zero attached hydrogens (tertiary/aromatic N) is 2. The molecule has 0 radical (unpaired) electrons. The van der Waals surface area contributed by atoms with Crippen LogP contribution >= 0.6 is 23.5 Å². The average molecular weight is 451 g/mol. The number of hydrogen-bond acceptors (Lipinski definition) is 5. The van der Waals surface area contributed by atoms with Gasteiger partial charge in [-0.25, -0.2) is 4.98 Å². The van der Waals surface area contributed by atoms with E-state index in [1.165, 1.54) is 34.2 Å². The molecule has 30 heavy (non-hydrogen) atoms. The summed E-state index contributed by atoms with van der Waals surface area (Å²) in [6.45, 7) is 0. The van der Waals surface area contributed by atoms with E-state index in [4.69, 9.17) is 4.74 Å². The van der Waals surface area contributed by atoms with Gasteiger partial charge in [0.1, 0.15) is 5.75 Å². The van der Waals surface area contributed by atoms with Crippen molar-refractivity contribution in [3.63, 3.8) is 0 Å². The zero-order chi connectivity index (χ0) is 21.3. The summed E-state index contributed by atoms with van der Waals surface area (Å²) >= 11 is 2.72. The number of rotatable bonds is 5. The molecule has 4 nitrogen and oxygen atoms in total. The van der Waals surface area contributed by atoms with Crippen LogP contribution in [0.3, 0.4) is 0 Å². The van der Waals surface area contributed by atoms with Crippen molar-refractivity contribution < 1.29 is 17.9 Å². The minimum atomic E-state index is -4.40. The van der Waals surface area contributed by atoms with Crippen LogP contribution < -0.4 is 10.3 Å². The largest absolute Gasteiger partial charge is 0.497 e. The van der Waals surface area contributed by atoms with E-state index < -0.39 is 11.7 Å². The topological polar surface area (TPSA) is 44.1 Å². The summed E-state index contributed by atoms with van der Waals surface area (Å²) in [5.74, 6) is 1.64. The number of methoxy groups -OCH3 is 1. The molecule has 3 aromatic rings. The quantitative estimate of drug-likeness (QED) is 0.395. The van der Waals surface area contributed by atoms with E-state index >= 15 is 0 Å². The molecular formula is C21H17F3N2O2S2. The van der Waals surface area contributed by atoms with Crippen molar-refractivity contribution in [2.24, 2.45) is 0 Å². The predicted octanol–water partition coefficient (Wildman–Crippen LogP) is 5.20. The second-order valence-electron chi connectivity index (χ2n) is 6.60. The molecule has 4 rings (SSSR count). The van der Waals surface area contributed by atoms with Crippen molar-refractivity contribution >= 4 is 23.5 Å². The van der Waals surface area contributed by atoms with Crippen molar-refractivity contribution in [2.75, 3.05) is 12.9 Å². The molecular weight excluding hydrogens is 433 g/mol. The van der Waals surface area contributed by atoms with E-state index in [2.05, 4.69) is 4.98 Å². The fraction of sp³-hybridized carbons (Fsp3) is 0.238. The Morgan fingerprint density at radius 2 is 2.00 bits per heavy atom. The van der Waals surface area contributed by atoms with Crippen molar-refractivity contribution in [1.82, 2.24) is 9.55 Å². The molecule has 0 N–H and O–H groups in total. The maximum absolute atomic E-state index is 13.2. The van der Waals surface area contributed by atoms with E-state index in [0.717, 1.165) is 23.6 Å². The third-order valence-electron chi connectivity index (χ3n) is 4.60. The number of aryl methyl sites for hydroxylation is 1. The lowest BCUT2D eigenvalue weighted by Crippen LogP contribution is -2.23. The first-order valence-corrected chi connectivity index (χ1v) is 11.1. The fourth-order valence-electron chi connectivity index (χ4n) is 3.15. The second kappa shape index (κ2) is 8.39. The molecule has 1 aromatic heterocycles. The van der Waals surface area contributed by atoms with Gasteiger partial charge >= 0.3 is 6.18 Å². The first-order chi connectivity index (χ1) is 14.4. The smallest absolute Gasteiger partial charge is 0.416 e. The Morgan fingerprint density at radius 1 is 1.20 bits per heavy atom. The van der Waals surface area contributed by atoms with E-state index in [0.29, 0.717) is 33.5 Å². The number of fused-ring (bicyclic) bond motifs is 1. The van der Waals surface area contributed by atoms with Gasteiger partial charge in [-0.2, -0.15) is 13.2 Å². The van der Waals surface area contributed by atoms with E-state index in [1.54, 1.807) is 37.4 Å². The molecule has 2 heterocycles. The van der Waals surface area contributed by atoms with Gasteiger partial charge in [0.15, 0.2) is 5.16 Å². The lowest BCUT2D eigenvalue weighted by Gasteiger charge is -2.15. The third kappa shape index (κ3) is 4.22. The van der Waals surface area contributed by atoms with Gasteiger partial charge in [-0.15, -0.1) is 11.8 Å². The summed E-state index contributed by atoms with van der Waals surface area (Å²) in [6, 6.07) is 12.3. The first-order valence-electron chi connectivity index (χ1n) is 9.09. The Hall–Kier alpha value is -2.39. The first kappa shape index (κ1) is 20.9. The molecule has 2 aromatic carbocycles. The SMILES string of the molecule is COc1cccc(-n2c(SCc3cccc(C(F)(F)F)c3)nc3c(c2=O)SCC3)c1. The fourth-order valence-corrected chi connectivity index (χ4v) is 5.15. The highest BCUT2D eigenvalue weighted by atomic mass is 32.2. The van der Waals surface area contributed by atoms with Gasteiger partial charge in [0, 0.05) is 24.0 Å². The second-order valence-corrected chi connectivity index (χ2v) is 8.65. The highest BCUT2D eigenvalue weighted by Crippen LogP contribution is 2.33. The Morgan fingerprint density at radius 3 is 2.77 bits per heavy atom. The Labute approximate surface area is 179 Å². The molecule has 9 heteroatoms. The van der Waals surface area contributed by atoms with Gasteiger partial charge in [0.25, 0.3) is 5.56 Å². The zero-order valence-electron chi connectivity index (χ0n) is 15.9. The number of ether oxygens (including phenoxy) is 1. The van der Waals surface area contributed by atoms with Crippen molar-refractivity contribution in [3.05, 3.63) is 75.7 Å². The molecule has 0 saturated heterocycles. The third-order valence-corrected chi connectivity index (χ3v) is 6.72. The van der Waals surface area contributed by atoms with Crippen LogP contribution in [-0.4, -0.2) is 22.4 Å². The molecule has 1 aliphatic rings. The monoisotopic (exact) mass is 450 g/mol. The maximum atomic E-state index is 13.2. The molecule has 0 bridgehead atoms. The van der Waals surface area contributed by atoms with Crippen LogP contribution in [0.15, 0.2) is 63.4 Å². The van der Waals surface area contributed by atoms with Gasteiger partial charge in [0.05, 0.1) is 29.0 Å². The van der Waals surface area contributed by atoms with Gasteiger partial charge in [0.2, 0.25) is 0 Å². The zero-order valence-corrected chi connectivity index (χ0v) is 17.5. The van der Waals surface area contributed by atoms with E-state index in [1.807, 2.05) is 0 Å². The number of benzene rings is 2. The Balaban J connectivity index is 1.73. The van der Waals surface area contributed by atoms with Crippen LogP contribution in [0.1, 0.15) is 16.8 Å². The number of hydrogen-bond donors (Lipinski definition) is 0. The normalized spacial score (nSPS) is 13.3. The maximum Gasteiger partial charge on any atom is 0.416 e. The summed E-state index contributed by atoms with van der Waals surface area (Å²) < 4.78 is 45.8. The number of thioether (sulfide) groups is 2. The molecule has 0 atom stereocenters. The molecule has 1 aliphatic heterocycles. The number of halogens is 3. The summed E-state index contributed by atoms with van der Waals surface area (Å²) in [5, 5.41) is 0.451. The van der Waals surface area contributed by atoms with E-state index in [9.17, 15) is 18.0 Å². The van der Waals surface area contributed by atoms with Crippen LogP contribution in [-0.2, 0) is 18.3 Å². The van der Waals surface area contributed by atoms with E-state index in [-0.39, 0.29) is 11.3 Å². The molecule has 0 saturated carbocycles. The molecule has 0 fully saturated rings. The molecule has 0 spiro atoms. The van der Waals surface area contributed by atoms with Gasteiger partial charge in [-0.05, 0) is 23.8 Å². The highest BCUT2D eigenvalue weighted by molar-refractivity contribution is 7.99. The molecule has 0 amide bonds. The summed E-state index contributed by atoms with van der Waals surface area (Å²) in [5.41, 5.74) is 1.01.